The van der Waals surface area contributed by atoms with E-state index in [1.807, 2.05) is 24.3 Å². The fourth-order valence-electron chi connectivity index (χ4n) is 3.67. The number of carbonyl (C=O) groups excluding carboxylic acids is 1. The Hall–Kier alpha value is -1.22. The molecule has 0 radical (unpaired) electrons. The van der Waals surface area contributed by atoms with Crippen molar-refractivity contribution in [1.29, 1.82) is 0 Å². The molecule has 2 fully saturated rings. The second-order valence-corrected chi connectivity index (χ2v) is 11.7. The van der Waals surface area contributed by atoms with Crippen molar-refractivity contribution in [3.63, 3.8) is 0 Å². The monoisotopic (exact) mass is 482 g/mol. The van der Waals surface area contributed by atoms with Crippen LogP contribution in [0.25, 0.3) is 0 Å². The maximum Gasteiger partial charge on any atom is 0.252 e. The van der Waals surface area contributed by atoms with Crippen molar-refractivity contribution >= 4 is 43.2 Å². The van der Waals surface area contributed by atoms with Gasteiger partial charge >= 0.3 is 0 Å². The molecule has 2 heterocycles. The quantitative estimate of drug-likeness (QED) is 0.675. The van der Waals surface area contributed by atoms with Crippen molar-refractivity contribution < 1.29 is 13.2 Å². The maximum absolute atomic E-state index is 12.8. The Kier molecular flexibility index (Phi) is 5.66. The Morgan fingerprint density at radius 1 is 1.07 bits per heavy atom. The second kappa shape index (κ2) is 7.89. The average Bonchev–Trinajstić information content (AvgIpc) is 3.30. The fourth-order valence-corrected chi connectivity index (χ4v) is 6.96. The van der Waals surface area contributed by atoms with E-state index in [1.54, 1.807) is 16.4 Å². The summed E-state index contributed by atoms with van der Waals surface area (Å²) >= 11 is 4.65. The predicted molar refractivity (Wildman–Crippen MR) is 114 cm³/mol. The molecule has 8 heteroatoms. The highest BCUT2D eigenvalue weighted by Gasteiger charge is 2.45. The van der Waals surface area contributed by atoms with Crippen molar-refractivity contribution in [3.05, 3.63) is 51.3 Å². The van der Waals surface area contributed by atoms with Crippen molar-refractivity contribution in [2.24, 2.45) is 0 Å². The van der Waals surface area contributed by atoms with Gasteiger partial charge in [-0.2, -0.15) is 4.31 Å². The lowest BCUT2D eigenvalue weighted by Gasteiger charge is -2.25. The molecule has 1 saturated heterocycles. The van der Waals surface area contributed by atoms with Crippen molar-refractivity contribution in [1.82, 2.24) is 9.62 Å². The van der Waals surface area contributed by atoms with Gasteiger partial charge in [0, 0.05) is 22.4 Å². The molecule has 0 unspecified atom stereocenters. The number of nitrogens with zero attached hydrogens (tertiary/aromatic N) is 1. The molecule has 0 spiro atoms. The Morgan fingerprint density at radius 2 is 1.75 bits per heavy atom. The summed E-state index contributed by atoms with van der Waals surface area (Å²) in [4.78, 5) is 13.4. The zero-order valence-electron chi connectivity index (χ0n) is 15.5. The van der Waals surface area contributed by atoms with Gasteiger partial charge in [0.2, 0.25) is 5.91 Å². The van der Waals surface area contributed by atoms with Gasteiger partial charge in [0.1, 0.15) is 4.21 Å². The van der Waals surface area contributed by atoms with Crippen LogP contribution in [-0.4, -0.2) is 31.7 Å². The molecule has 28 heavy (non-hydrogen) atoms. The van der Waals surface area contributed by atoms with Gasteiger partial charge in [-0.3, -0.25) is 4.79 Å². The third kappa shape index (κ3) is 4.20. The first-order chi connectivity index (χ1) is 13.4. The van der Waals surface area contributed by atoms with Crippen LogP contribution in [0.3, 0.4) is 0 Å². The summed E-state index contributed by atoms with van der Waals surface area (Å²) in [6, 6.07) is 11.4. The molecule has 1 saturated carbocycles. The van der Waals surface area contributed by atoms with Gasteiger partial charge < -0.3 is 5.32 Å². The largest absolute Gasteiger partial charge is 0.346 e. The van der Waals surface area contributed by atoms with Crippen molar-refractivity contribution in [2.45, 2.75) is 48.3 Å². The van der Waals surface area contributed by atoms with Crippen LogP contribution in [0, 0.1) is 0 Å². The lowest BCUT2D eigenvalue weighted by Crippen LogP contribution is -2.35. The lowest BCUT2D eigenvalue weighted by atomic mass is 10.0. The van der Waals surface area contributed by atoms with E-state index in [1.165, 1.54) is 11.3 Å². The van der Waals surface area contributed by atoms with Crippen LogP contribution in [-0.2, 0) is 26.8 Å². The highest BCUT2D eigenvalue weighted by Crippen LogP contribution is 2.45. The Bertz CT molecular complexity index is 960. The van der Waals surface area contributed by atoms with Crippen LogP contribution in [0.4, 0.5) is 0 Å². The summed E-state index contributed by atoms with van der Waals surface area (Å²) in [5, 5.41) is 3.16. The normalized spacial score (nSPS) is 19.3. The average molecular weight is 483 g/mol. The van der Waals surface area contributed by atoms with Crippen molar-refractivity contribution in [2.75, 3.05) is 13.1 Å². The number of carbonyl (C=O) groups is 1. The molecule has 4 rings (SSSR count). The first kappa shape index (κ1) is 20.1. The number of benzene rings is 1. The Balaban J connectivity index is 1.41. The molecular formula is C20H23BrN2O3S2. The zero-order chi connectivity index (χ0) is 19.8. The van der Waals surface area contributed by atoms with Gasteiger partial charge in [0.05, 0.1) is 12.0 Å². The van der Waals surface area contributed by atoms with Gasteiger partial charge in [-0.25, -0.2) is 8.42 Å². The van der Waals surface area contributed by atoms with E-state index in [-0.39, 0.29) is 17.9 Å². The summed E-state index contributed by atoms with van der Waals surface area (Å²) < 4.78 is 28.5. The molecule has 0 bridgehead atoms. The molecule has 1 amide bonds. The predicted octanol–water partition coefficient (Wildman–Crippen LogP) is 4.03. The fraction of sp³-hybridized carbons (Fsp3) is 0.450. The Morgan fingerprint density at radius 3 is 2.39 bits per heavy atom. The Labute approximate surface area is 178 Å². The molecule has 150 valence electrons. The number of halogens is 1. The number of hydrogen-bond acceptors (Lipinski definition) is 4. The zero-order valence-corrected chi connectivity index (χ0v) is 18.7. The van der Waals surface area contributed by atoms with Gasteiger partial charge in [-0.05, 0) is 55.5 Å². The molecule has 1 aromatic carbocycles. The molecular weight excluding hydrogens is 460 g/mol. The third-order valence-corrected chi connectivity index (χ3v) is 9.39. The minimum absolute atomic E-state index is 0.0656. The number of piperidine rings is 1. The van der Waals surface area contributed by atoms with Crippen LogP contribution in [0.5, 0.6) is 0 Å². The van der Waals surface area contributed by atoms with Crippen LogP contribution >= 0.6 is 27.3 Å². The molecule has 1 aromatic heterocycles. The SMILES string of the molecule is O=C(Cc1ccc(S(=O)(=O)N2CCCCC2)s1)NC1(c2ccc(Br)cc2)CC1. The van der Waals surface area contributed by atoms with E-state index >= 15 is 0 Å². The van der Waals surface area contributed by atoms with E-state index in [2.05, 4.69) is 21.2 Å². The summed E-state index contributed by atoms with van der Waals surface area (Å²) in [6.07, 6.45) is 4.98. The molecule has 1 aliphatic carbocycles. The van der Waals surface area contributed by atoms with Crippen LogP contribution < -0.4 is 5.32 Å². The molecule has 0 atom stereocenters. The highest BCUT2D eigenvalue weighted by atomic mass is 79.9. The molecule has 1 aliphatic heterocycles. The van der Waals surface area contributed by atoms with E-state index in [0.717, 1.165) is 47.0 Å². The smallest absolute Gasteiger partial charge is 0.252 e. The number of hydrogen-bond donors (Lipinski definition) is 1. The highest BCUT2D eigenvalue weighted by molar-refractivity contribution is 9.10. The topological polar surface area (TPSA) is 66.5 Å². The second-order valence-electron chi connectivity index (χ2n) is 7.50. The van der Waals surface area contributed by atoms with E-state index in [4.69, 9.17) is 0 Å². The van der Waals surface area contributed by atoms with E-state index in [9.17, 15) is 13.2 Å². The minimum atomic E-state index is -3.43. The van der Waals surface area contributed by atoms with Gasteiger partial charge in [-0.15, -0.1) is 11.3 Å². The molecule has 2 aromatic rings. The standard InChI is InChI=1S/C20H23BrN2O3S2/c21-16-6-4-15(5-7-16)20(10-11-20)22-18(24)14-17-8-9-19(27-17)28(25,26)23-12-2-1-3-13-23/h4-9H,1-3,10-14H2,(H,22,24). The summed E-state index contributed by atoms with van der Waals surface area (Å²) in [5.74, 6) is -0.0656. The third-order valence-electron chi connectivity index (χ3n) is 5.41. The summed E-state index contributed by atoms with van der Waals surface area (Å²) in [5.41, 5.74) is 0.848. The number of sulfonamides is 1. The number of thiophene rings is 1. The maximum atomic E-state index is 12.8. The summed E-state index contributed by atoms with van der Waals surface area (Å²) in [7, 11) is -3.43. The first-order valence-electron chi connectivity index (χ1n) is 9.55. The van der Waals surface area contributed by atoms with Gasteiger partial charge in [0.15, 0.2) is 0 Å². The number of rotatable bonds is 6. The van der Waals surface area contributed by atoms with Gasteiger partial charge in [0.25, 0.3) is 10.0 Å². The lowest BCUT2D eigenvalue weighted by molar-refractivity contribution is -0.121. The molecule has 5 nitrogen and oxygen atoms in total. The molecule has 1 N–H and O–H groups in total. The van der Waals surface area contributed by atoms with Crippen LogP contribution in [0.2, 0.25) is 0 Å². The molecule has 2 aliphatic rings. The van der Waals surface area contributed by atoms with E-state index < -0.39 is 10.0 Å². The number of amides is 1. The van der Waals surface area contributed by atoms with Gasteiger partial charge in [-0.1, -0.05) is 34.5 Å². The number of nitrogens with one attached hydrogen (secondary N) is 1. The van der Waals surface area contributed by atoms with Crippen LogP contribution in [0.15, 0.2) is 45.1 Å². The van der Waals surface area contributed by atoms with E-state index in [0.29, 0.717) is 17.3 Å². The minimum Gasteiger partial charge on any atom is -0.346 e. The summed E-state index contributed by atoms with van der Waals surface area (Å²) in [6.45, 7) is 1.18. The first-order valence-corrected chi connectivity index (χ1v) is 12.6. The van der Waals surface area contributed by atoms with Crippen molar-refractivity contribution in [3.8, 4) is 0 Å². The van der Waals surface area contributed by atoms with Crippen LogP contribution in [0.1, 0.15) is 42.5 Å².